The molecule has 0 radical (unpaired) electrons. The number of nitrogens with one attached hydrogen (secondary N) is 2. The number of methoxy groups -OCH3 is 1. The largest absolute Gasteiger partial charge is 0.497 e. The average Bonchev–Trinajstić information content (AvgIpc) is 2.50. The topological polar surface area (TPSA) is 42.8 Å². The third-order valence-corrected chi connectivity index (χ3v) is 4.59. The fourth-order valence-electron chi connectivity index (χ4n) is 3.22. The van der Waals surface area contributed by atoms with Crippen molar-refractivity contribution in [1.29, 1.82) is 0 Å². The maximum absolute atomic E-state index is 12.2. The maximum atomic E-state index is 12.2. The fourth-order valence-corrected chi connectivity index (χ4v) is 3.22. The van der Waals surface area contributed by atoms with Crippen molar-refractivity contribution in [2.75, 3.05) is 20.7 Å². The van der Waals surface area contributed by atoms with Gasteiger partial charge in [0.25, 0.3) is 5.91 Å². The van der Waals surface area contributed by atoms with Gasteiger partial charge in [-0.1, -0.05) is 19.8 Å². The summed E-state index contributed by atoms with van der Waals surface area (Å²) in [6.45, 7) is 3.62. The molecule has 1 aromatic carbocycles. The molecule has 4 nitrogen and oxygen atoms in total. The average molecular weight is 305 g/mol. The zero-order valence-electron chi connectivity index (χ0n) is 14.0. The van der Waals surface area contributed by atoms with Crippen molar-refractivity contribution in [3.63, 3.8) is 0 Å². The zero-order chi connectivity index (χ0) is 15.9. The minimum absolute atomic E-state index is 0.171. The van der Waals surface area contributed by atoms with Gasteiger partial charge in [-0.25, -0.2) is 0 Å². The molecule has 3 atom stereocenters. The Morgan fingerprint density at radius 3 is 2.59 bits per heavy atom. The Hall–Kier alpha value is -1.55. The summed E-state index contributed by atoms with van der Waals surface area (Å²) in [6.07, 6.45) is 4.91. The molecule has 0 aliphatic heterocycles. The number of carbonyl (C=O) groups is 1. The van der Waals surface area contributed by atoms with Crippen LogP contribution in [0.5, 0.6) is 5.75 Å². The Labute approximate surface area is 133 Å². The molecule has 1 unspecified atom stereocenters. The number of hydrogen-bond donors (Lipinski definition) is 2. The van der Waals surface area contributed by atoms with Gasteiger partial charge in [-0.15, -0.1) is 0 Å². The highest BCUT2D eigenvalue weighted by atomic mass is 16.5. The molecule has 0 heterocycles. The molecule has 1 fully saturated rings. The van der Waals surface area contributed by atoms with Gasteiger partial charge in [0.1, 0.15) is 12.3 Å². The lowest BCUT2D eigenvalue weighted by molar-refractivity contribution is -0.885. The molecule has 0 spiro atoms. The second kappa shape index (κ2) is 8.18. The molecule has 2 N–H and O–H groups in total. The molecular formula is C18H29N2O2+. The molecule has 1 aliphatic carbocycles. The predicted octanol–water partition coefficient (Wildman–Crippen LogP) is 1.40. The van der Waals surface area contributed by atoms with Crippen LogP contribution in [0.4, 0.5) is 0 Å². The number of quaternary nitrogens is 1. The molecule has 2 rings (SSSR count). The third-order valence-electron chi connectivity index (χ3n) is 4.59. The highest BCUT2D eigenvalue weighted by Crippen LogP contribution is 2.23. The molecule has 22 heavy (non-hydrogen) atoms. The second-order valence-corrected chi connectivity index (χ2v) is 6.59. The number of amides is 1. The van der Waals surface area contributed by atoms with Gasteiger partial charge in [-0.3, -0.25) is 4.79 Å². The summed E-state index contributed by atoms with van der Waals surface area (Å²) in [6, 6.07) is 8.42. The Balaban J connectivity index is 1.77. The van der Waals surface area contributed by atoms with E-state index in [4.69, 9.17) is 4.74 Å². The molecule has 1 aromatic rings. The second-order valence-electron chi connectivity index (χ2n) is 6.59. The van der Waals surface area contributed by atoms with Crippen LogP contribution < -0.4 is 15.0 Å². The van der Waals surface area contributed by atoms with Gasteiger partial charge in [0, 0.05) is 11.6 Å². The van der Waals surface area contributed by atoms with Gasteiger partial charge in [0.15, 0.2) is 6.54 Å². The van der Waals surface area contributed by atoms with Crippen LogP contribution in [0.1, 0.15) is 38.2 Å². The quantitative estimate of drug-likeness (QED) is 0.834. The number of rotatable bonds is 6. The van der Waals surface area contributed by atoms with Crippen LogP contribution in [0.25, 0.3) is 0 Å². The molecule has 1 saturated carbocycles. The highest BCUT2D eigenvalue weighted by molar-refractivity contribution is 5.77. The minimum Gasteiger partial charge on any atom is -0.497 e. The first kappa shape index (κ1) is 16.8. The molecule has 0 bridgehead atoms. The Kier molecular flexibility index (Phi) is 6.25. The SMILES string of the molecule is COc1ccc(C[NH+](C)CC(=O)N[C@@H]2CCCC[C@H]2C)cc1. The molecule has 1 amide bonds. The summed E-state index contributed by atoms with van der Waals surface area (Å²) < 4.78 is 5.16. The van der Waals surface area contributed by atoms with E-state index in [-0.39, 0.29) is 5.91 Å². The Bertz CT molecular complexity index is 472. The maximum Gasteiger partial charge on any atom is 0.275 e. The van der Waals surface area contributed by atoms with E-state index in [0.717, 1.165) is 18.7 Å². The summed E-state index contributed by atoms with van der Waals surface area (Å²) in [5.74, 6) is 1.65. The monoisotopic (exact) mass is 305 g/mol. The van der Waals surface area contributed by atoms with Crippen LogP contribution in [0, 0.1) is 5.92 Å². The summed E-state index contributed by atoms with van der Waals surface area (Å²) >= 11 is 0. The number of carbonyl (C=O) groups excluding carboxylic acids is 1. The first-order valence-corrected chi connectivity index (χ1v) is 8.32. The first-order chi connectivity index (χ1) is 10.6. The minimum atomic E-state index is 0.171. The summed E-state index contributed by atoms with van der Waals surface area (Å²) in [5, 5.41) is 3.22. The molecule has 0 saturated heterocycles. The van der Waals surface area contributed by atoms with E-state index >= 15 is 0 Å². The van der Waals surface area contributed by atoms with Crippen molar-refractivity contribution in [2.45, 2.75) is 45.2 Å². The van der Waals surface area contributed by atoms with Crippen LogP contribution in [-0.4, -0.2) is 32.7 Å². The summed E-state index contributed by atoms with van der Waals surface area (Å²) in [7, 11) is 3.73. The van der Waals surface area contributed by atoms with Crippen molar-refractivity contribution in [2.24, 2.45) is 5.92 Å². The van der Waals surface area contributed by atoms with Crippen LogP contribution in [0.3, 0.4) is 0 Å². The number of ether oxygens (including phenoxy) is 1. The summed E-state index contributed by atoms with van der Waals surface area (Å²) in [4.78, 5) is 13.4. The van der Waals surface area contributed by atoms with E-state index in [2.05, 4.69) is 31.4 Å². The first-order valence-electron chi connectivity index (χ1n) is 8.32. The molecule has 1 aliphatic rings. The van der Waals surface area contributed by atoms with Crippen molar-refractivity contribution in [1.82, 2.24) is 5.32 Å². The highest BCUT2D eigenvalue weighted by Gasteiger charge is 2.23. The predicted molar refractivity (Wildman–Crippen MR) is 88.0 cm³/mol. The van der Waals surface area contributed by atoms with Crippen LogP contribution in [0.15, 0.2) is 24.3 Å². The van der Waals surface area contributed by atoms with Crippen molar-refractivity contribution < 1.29 is 14.4 Å². The fraction of sp³-hybridized carbons (Fsp3) is 0.611. The number of likely N-dealkylation sites (N-methyl/N-ethyl adjacent to an activating group) is 1. The van der Waals surface area contributed by atoms with Gasteiger partial charge in [0.05, 0.1) is 14.2 Å². The van der Waals surface area contributed by atoms with E-state index < -0.39 is 0 Å². The lowest BCUT2D eigenvalue weighted by Crippen LogP contribution is -3.09. The Morgan fingerprint density at radius 1 is 1.27 bits per heavy atom. The van der Waals surface area contributed by atoms with E-state index in [9.17, 15) is 4.79 Å². The lowest BCUT2D eigenvalue weighted by atomic mass is 9.86. The van der Waals surface area contributed by atoms with E-state index in [1.54, 1.807) is 7.11 Å². The van der Waals surface area contributed by atoms with E-state index in [0.29, 0.717) is 18.5 Å². The van der Waals surface area contributed by atoms with Crippen LogP contribution in [0.2, 0.25) is 0 Å². The van der Waals surface area contributed by atoms with E-state index in [1.165, 1.54) is 29.7 Å². The van der Waals surface area contributed by atoms with Gasteiger partial charge in [0.2, 0.25) is 0 Å². The normalized spacial score (nSPS) is 22.9. The molecule has 4 heteroatoms. The van der Waals surface area contributed by atoms with Gasteiger partial charge < -0.3 is 15.0 Å². The van der Waals surface area contributed by atoms with E-state index in [1.807, 2.05) is 12.1 Å². The van der Waals surface area contributed by atoms with Crippen molar-refractivity contribution in [3.05, 3.63) is 29.8 Å². The standard InChI is InChI=1S/C18H28N2O2/c1-14-6-4-5-7-17(14)19-18(21)13-20(2)12-15-8-10-16(22-3)11-9-15/h8-11,14,17H,4-7,12-13H2,1-3H3,(H,19,21)/p+1/t14-,17-/m1/s1. The molecular weight excluding hydrogens is 276 g/mol. The van der Waals surface area contributed by atoms with Gasteiger partial charge in [-0.2, -0.15) is 0 Å². The smallest absolute Gasteiger partial charge is 0.275 e. The van der Waals surface area contributed by atoms with Crippen molar-refractivity contribution >= 4 is 5.91 Å². The molecule has 122 valence electrons. The zero-order valence-corrected chi connectivity index (χ0v) is 14.0. The van der Waals surface area contributed by atoms with Crippen molar-refractivity contribution in [3.8, 4) is 5.75 Å². The Morgan fingerprint density at radius 2 is 1.95 bits per heavy atom. The van der Waals surface area contributed by atoms with Gasteiger partial charge in [-0.05, 0) is 43.0 Å². The van der Waals surface area contributed by atoms with Crippen LogP contribution in [-0.2, 0) is 11.3 Å². The number of benzene rings is 1. The number of hydrogen-bond acceptors (Lipinski definition) is 2. The summed E-state index contributed by atoms with van der Waals surface area (Å²) in [5.41, 5.74) is 1.22. The lowest BCUT2D eigenvalue weighted by Gasteiger charge is -2.29. The third kappa shape index (κ3) is 5.02. The van der Waals surface area contributed by atoms with Gasteiger partial charge >= 0.3 is 0 Å². The van der Waals surface area contributed by atoms with Crippen LogP contribution >= 0.6 is 0 Å². The molecule has 0 aromatic heterocycles.